The molecule has 3 rings (SSSR count). The number of ether oxygens (including phenoxy) is 1. The van der Waals surface area contributed by atoms with E-state index in [1.54, 1.807) is 29.2 Å². The third-order valence-corrected chi connectivity index (χ3v) is 5.84. The zero-order chi connectivity index (χ0) is 25.5. The molecular formula is C25H36N6O4. The number of fused-ring (bicyclic) bond motifs is 1. The van der Waals surface area contributed by atoms with E-state index in [-0.39, 0.29) is 30.2 Å². The fourth-order valence-corrected chi connectivity index (χ4v) is 4.10. The molecule has 0 unspecified atom stereocenters. The van der Waals surface area contributed by atoms with Gasteiger partial charge in [0.1, 0.15) is 11.6 Å². The van der Waals surface area contributed by atoms with Gasteiger partial charge in [-0.3, -0.25) is 14.4 Å². The minimum Gasteiger partial charge on any atom is -0.484 e. The summed E-state index contributed by atoms with van der Waals surface area (Å²) in [6, 6.07) is 6.52. The molecule has 2 amide bonds. The summed E-state index contributed by atoms with van der Waals surface area (Å²) >= 11 is 0. The molecule has 35 heavy (non-hydrogen) atoms. The SMILES string of the molecule is CC(=O)c1ccc(OCC(=O)N2CCc3nnc([C@H](CC(C)C)NC(=O)CN(C)C)n3CC2)cc1. The summed E-state index contributed by atoms with van der Waals surface area (Å²) in [4.78, 5) is 40.3. The standard InChI is InChI=1S/C25H36N6O4/c1-17(2)14-21(26-23(33)15-29(4)5)25-28-27-22-10-11-30(12-13-31(22)25)24(34)16-35-20-8-6-19(7-9-20)18(3)32/h6-9,17,21H,10-16H2,1-5H3,(H,26,33)/t21-/m0/s1. The highest BCUT2D eigenvalue weighted by molar-refractivity contribution is 5.94. The van der Waals surface area contributed by atoms with Gasteiger partial charge in [-0.2, -0.15) is 0 Å². The number of carbonyl (C=O) groups excluding carboxylic acids is 3. The average Bonchev–Trinajstić information content (AvgIpc) is 3.07. The van der Waals surface area contributed by atoms with Gasteiger partial charge >= 0.3 is 0 Å². The first-order chi connectivity index (χ1) is 16.6. The predicted molar refractivity (Wildman–Crippen MR) is 131 cm³/mol. The molecule has 2 heterocycles. The summed E-state index contributed by atoms with van der Waals surface area (Å²) in [7, 11) is 3.72. The zero-order valence-corrected chi connectivity index (χ0v) is 21.3. The van der Waals surface area contributed by atoms with Crippen LogP contribution in [0.15, 0.2) is 24.3 Å². The van der Waals surface area contributed by atoms with E-state index in [1.807, 2.05) is 23.6 Å². The summed E-state index contributed by atoms with van der Waals surface area (Å²) < 4.78 is 7.69. The normalized spacial score (nSPS) is 14.4. The van der Waals surface area contributed by atoms with E-state index in [2.05, 4.69) is 29.4 Å². The first-order valence-corrected chi connectivity index (χ1v) is 12.0. The number of nitrogens with one attached hydrogen (secondary N) is 1. The van der Waals surface area contributed by atoms with Gasteiger partial charge in [-0.05, 0) is 57.6 Å². The first kappa shape index (κ1) is 26.3. The quantitative estimate of drug-likeness (QED) is 0.511. The summed E-state index contributed by atoms with van der Waals surface area (Å²) in [5.74, 6) is 2.26. The molecule has 0 fully saturated rings. The molecular weight excluding hydrogens is 448 g/mol. The number of likely N-dealkylation sites (N-methyl/N-ethyl adjacent to an activating group) is 1. The van der Waals surface area contributed by atoms with Crippen molar-refractivity contribution in [1.29, 1.82) is 0 Å². The average molecular weight is 485 g/mol. The Morgan fingerprint density at radius 1 is 1.09 bits per heavy atom. The van der Waals surface area contributed by atoms with E-state index >= 15 is 0 Å². The molecule has 0 saturated heterocycles. The second kappa shape index (κ2) is 11.9. The van der Waals surface area contributed by atoms with Crippen LogP contribution in [0.2, 0.25) is 0 Å². The fourth-order valence-electron chi connectivity index (χ4n) is 4.10. The Balaban J connectivity index is 1.63. The monoisotopic (exact) mass is 484 g/mol. The first-order valence-electron chi connectivity index (χ1n) is 12.0. The zero-order valence-electron chi connectivity index (χ0n) is 21.3. The summed E-state index contributed by atoms with van der Waals surface area (Å²) in [6.45, 7) is 7.52. The number of benzene rings is 1. The van der Waals surface area contributed by atoms with Gasteiger partial charge in [-0.1, -0.05) is 13.8 Å². The number of hydrogen-bond acceptors (Lipinski definition) is 7. The van der Waals surface area contributed by atoms with E-state index in [0.29, 0.717) is 49.8 Å². The highest BCUT2D eigenvalue weighted by atomic mass is 16.5. The molecule has 0 radical (unpaired) electrons. The largest absolute Gasteiger partial charge is 0.484 e. The Kier molecular flexibility index (Phi) is 8.97. The molecule has 1 N–H and O–H groups in total. The number of amides is 2. The second-order valence-electron chi connectivity index (χ2n) is 9.61. The predicted octanol–water partition coefficient (Wildman–Crippen LogP) is 1.71. The van der Waals surface area contributed by atoms with Gasteiger partial charge in [0, 0.05) is 31.6 Å². The van der Waals surface area contributed by atoms with Gasteiger partial charge < -0.3 is 24.4 Å². The number of rotatable bonds is 10. The third kappa shape index (κ3) is 7.35. The molecule has 1 aromatic carbocycles. The number of aromatic nitrogens is 3. The minimum atomic E-state index is -0.243. The van der Waals surface area contributed by atoms with Crippen LogP contribution in [0.25, 0.3) is 0 Å². The number of ketones is 1. The van der Waals surface area contributed by atoms with Crippen molar-refractivity contribution in [3.05, 3.63) is 41.5 Å². The molecule has 1 aliphatic heterocycles. The van der Waals surface area contributed by atoms with Gasteiger partial charge in [0.25, 0.3) is 5.91 Å². The molecule has 2 aromatic rings. The highest BCUT2D eigenvalue weighted by Crippen LogP contribution is 2.22. The Bertz CT molecular complexity index is 1030. The molecule has 1 atom stereocenters. The van der Waals surface area contributed by atoms with Crippen LogP contribution in [-0.4, -0.2) is 82.5 Å². The van der Waals surface area contributed by atoms with Crippen LogP contribution in [0.3, 0.4) is 0 Å². The van der Waals surface area contributed by atoms with Crippen molar-refractivity contribution in [3.63, 3.8) is 0 Å². The number of nitrogens with zero attached hydrogens (tertiary/aromatic N) is 5. The number of carbonyl (C=O) groups is 3. The molecule has 10 nitrogen and oxygen atoms in total. The van der Waals surface area contributed by atoms with Crippen LogP contribution in [-0.2, 0) is 22.6 Å². The van der Waals surface area contributed by atoms with Gasteiger partial charge in [0.2, 0.25) is 5.91 Å². The molecule has 0 bridgehead atoms. The second-order valence-corrected chi connectivity index (χ2v) is 9.61. The van der Waals surface area contributed by atoms with E-state index in [1.165, 1.54) is 6.92 Å². The van der Waals surface area contributed by atoms with Crippen molar-refractivity contribution in [2.75, 3.05) is 40.3 Å². The molecule has 190 valence electrons. The maximum atomic E-state index is 12.8. The van der Waals surface area contributed by atoms with Crippen LogP contribution >= 0.6 is 0 Å². The Labute approximate surface area is 206 Å². The lowest BCUT2D eigenvalue weighted by molar-refractivity contribution is -0.133. The van der Waals surface area contributed by atoms with Gasteiger partial charge in [-0.15, -0.1) is 10.2 Å². The van der Waals surface area contributed by atoms with Gasteiger partial charge in [-0.25, -0.2) is 0 Å². The number of hydrogen-bond donors (Lipinski definition) is 1. The lowest BCUT2D eigenvalue weighted by Crippen LogP contribution is -2.38. The summed E-state index contributed by atoms with van der Waals surface area (Å²) in [6.07, 6.45) is 1.32. The van der Waals surface area contributed by atoms with Crippen molar-refractivity contribution in [2.45, 2.75) is 46.2 Å². The smallest absolute Gasteiger partial charge is 0.260 e. The van der Waals surface area contributed by atoms with Crippen LogP contribution in [0.1, 0.15) is 55.2 Å². The molecule has 1 aliphatic rings. The fraction of sp³-hybridized carbons (Fsp3) is 0.560. The number of Topliss-reactive ketones (excluding diaryl/α,β-unsaturated/α-hetero) is 1. The Morgan fingerprint density at radius 2 is 1.80 bits per heavy atom. The van der Waals surface area contributed by atoms with Crippen molar-refractivity contribution in [2.24, 2.45) is 5.92 Å². The third-order valence-electron chi connectivity index (χ3n) is 5.84. The van der Waals surface area contributed by atoms with Gasteiger partial charge in [0.15, 0.2) is 18.2 Å². The van der Waals surface area contributed by atoms with Gasteiger partial charge in [0.05, 0.1) is 12.6 Å². The summed E-state index contributed by atoms with van der Waals surface area (Å²) in [5.41, 5.74) is 0.601. The van der Waals surface area contributed by atoms with Crippen molar-refractivity contribution < 1.29 is 19.1 Å². The molecule has 0 saturated carbocycles. The minimum absolute atomic E-state index is 0.0172. The van der Waals surface area contributed by atoms with Crippen molar-refractivity contribution in [3.8, 4) is 5.75 Å². The van der Waals surface area contributed by atoms with Crippen LogP contribution in [0.5, 0.6) is 5.75 Å². The van der Waals surface area contributed by atoms with Crippen molar-refractivity contribution >= 4 is 17.6 Å². The maximum Gasteiger partial charge on any atom is 0.260 e. The Hall–Kier alpha value is -3.27. The molecule has 0 aliphatic carbocycles. The van der Waals surface area contributed by atoms with E-state index in [0.717, 1.165) is 18.1 Å². The van der Waals surface area contributed by atoms with E-state index in [4.69, 9.17) is 4.74 Å². The highest BCUT2D eigenvalue weighted by Gasteiger charge is 2.27. The lowest BCUT2D eigenvalue weighted by Gasteiger charge is -2.23. The topological polar surface area (TPSA) is 110 Å². The van der Waals surface area contributed by atoms with Crippen LogP contribution in [0.4, 0.5) is 0 Å². The van der Waals surface area contributed by atoms with E-state index < -0.39 is 0 Å². The van der Waals surface area contributed by atoms with Crippen molar-refractivity contribution in [1.82, 2.24) is 29.9 Å². The molecule has 10 heteroatoms. The van der Waals surface area contributed by atoms with E-state index in [9.17, 15) is 14.4 Å². The van der Waals surface area contributed by atoms with Crippen LogP contribution in [0, 0.1) is 5.92 Å². The summed E-state index contributed by atoms with van der Waals surface area (Å²) in [5, 5.41) is 11.9. The lowest BCUT2D eigenvalue weighted by atomic mass is 10.0. The van der Waals surface area contributed by atoms with Crippen LogP contribution < -0.4 is 10.1 Å². The molecule has 0 spiro atoms. The Morgan fingerprint density at radius 3 is 2.43 bits per heavy atom. The molecule has 1 aromatic heterocycles. The maximum absolute atomic E-state index is 12.8.